The maximum atomic E-state index is 12.9. The van der Waals surface area contributed by atoms with E-state index in [1.165, 1.54) is 5.56 Å². The van der Waals surface area contributed by atoms with Gasteiger partial charge in [0.2, 0.25) is 5.91 Å². The van der Waals surface area contributed by atoms with Gasteiger partial charge < -0.3 is 15.8 Å². The van der Waals surface area contributed by atoms with Gasteiger partial charge in [-0.25, -0.2) is 0 Å². The van der Waals surface area contributed by atoms with Gasteiger partial charge in [-0.05, 0) is 30.4 Å². The van der Waals surface area contributed by atoms with Gasteiger partial charge in [0.25, 0.3) is 0 Å². The topological polar surface area (TPSA) is 78.9 Å². The Hall–Kier alpha value is -2.04. The van der Waals surface area contributed by atoms with Crippen LogP contribution in [0, 0.1) is 0 Å². The predicted octanol–water partition coefficient (Wildman–Crippen LogP) is 1.84. The summed E-state index contributed by atoms with van der Waals surface area (Å²) in [6, 6.07) is 8.30. The van der Waals surface area contributed by atoms with Gasteiger partial charge in [-0.3, -0.25) is 4.79 Å². The van der Waals surface area contributed by atoms with Crippen LogP contribution in [0.4, 0.5) is 0 Å². The van der Waals surface area contributed by atoms with Crippen molar-refractivity contribution in [2.24, 2.45) is 10.9 Å². The lowest BCUT2D eigenvalue weighted by Gasteiger charge is -2.36. The van der Waals surface area contributed by atoms with E-state index in [4.69, 9.17) is 10.9 Å². The van der Waals surface area contributed by atoms with Crippen molar-refractivity contribution in [2.45, 2.75) is 44.1 Å². The summed E-state index contributed by atoms with van der Waals surface area (Å²) >= 11 is 0. The SMILES string of the molecule is NC(CN(C(=O)C1Cc2ccccc21)C1CCCC1)=NO. The number of fused-ring (bicyclic) bond motifs is 1. The zero-order valence-corrected chi connectivity index (χ0v) is 12.0. The Morgan fingerprint density at radius 1 is 1.33 bits per heavy atom. The highest BCUT2D eigenvalue weighted by Gasteiger charge is 2.37. The number of amides is 1. The minimum Gasteiger partial charge on any atom is -0.409 e. The van der Waals surface area contributed by atoms with Gasteiger partial charge in [-0.2, -0.15) is 0 Å². The van der Waals surface area contributed by atoms with Crippen LogP contribution in [0.5, 0.6) is 0 Å². The van der Waals surface area contributed by atoms with Gasteiger partial charge in [-0.1, -0.05) is 42.3 Å². The molecule has 0 aromatic heterocycles. The standard InChI is InChI=1S/C16H21N3O2/c17-15(18-21)10-19(12-6-2-3-7-12)16(20)14-9-11-5-1-4-8-13(11)14/h1,4-5,8,12,14,21H,2-3,6-7,9-10H2,(H2,17,18). The lowest BCUT2D eigenvalue weighted by Crippen LogP contribution is -2.48. The molecular weight excluding hydrogens is 266 g/mol. The Kier molecular flexibility index (Phi) is 3.82. The fourth-order valence-electron chi connectivity index (χ4n) is 3.49. The van der Waals surface area contributed by atoms with Crippen LogP contribution in [0.1, 0.15) is 42.7 Å². The molecule has 1 saturated carbocycles. The molecule has 5 heteroatoms. The van der Waals surface area contributed by atoms with Crippen molar-refractivity contribution in [3.05, 3.63) is 35.4 Å². The molecule has 1 amide bonds. The number of hydrogen-bond donors (Lipinski definition) is 2. The third-order valence-electron chi connectivity index (χ3n) is 4.66. The molecule has 0 spiro atoms. The largest absolute Gasteiger partial charge is 0.409 e. The molecule has 2 aliphatic rings. The molecule has 1 fully saturated rings. The highest BCUT2D eigenvalue weighted by Crippen LogP contribution is 2.37. The summed E-state index contributed by atoms with van der Waals surface area (Å²) in [6.07, 6.45) is 5.11. The highest BCUT2D eigenvalue weighted by atomic mass is 16.4. The molecule has 0 aliphatic heterocycles. The number of carbonyl (C=O) groups excluding carboxylic acids is 1. The fourth-order valence-corrected chi connectivity index (χ4v) is 3.49. The van der Waals surface area contributed by atoms with E-state index in [9.17, 15) is 4.79 Å². The quantitative estimate of drug-likeness (QED) is 0.384. The van der Waals surface area contributed by atoms with Crippen LogP contribution in [-0.2, 0) is 11.2 Å². The molecule has 21 heavy (non-hydrogen) atoms. The van der Waals surface area contributed by atoms with Crippen LogP contribution in [0.25, 0.3) is 0 Å². The maximum absolute atomic E-state index is 12.9. The molecule has 5 nitrogen and oxygen atoms in total. The lowest BCUT2D eigenvalue weighted by atomic mass is 9.76. The Labute approximate surface area is 124 Å². The number of nitrogens with two attached hydrogens (primary N) is 1. The third-order valence-corrected chi connectivity index (χ3v) is 4.66. The van der Waals surface area contributed by atoms with Gasteiger partial charge in [0.05, 0.1) is 12.5 Å². The van der Waals surface area contributed by atoms with E-state index >= 15 is 0 Å². The monoisotopic (exact) mass is 287 g/mol. The van der Waals surface area contributed by atoms with Gasteiger partial charge in [0.15, 0.2) is 5.84 Å². The minimum atomic E-state index is -0.0618. The first kappa shape index (κ1) is 13.9. The van der Waals surface area contributed by atoms with Crippen LogP contribution in [-0.4, -0.2) is 34.4 Å². The molecule has 1 atom stereocenters. The fraction of sp³-hybridized carbons (Fsp3) is 0.500. The van der Waals surface area contributed by atoms with E-state index in [-0.39, 0.29) is 30.2 Å². The van der Waals surface area contributed by atoms with Crippen LogP contribution >= 0.6 is 0 Å². The summed E-state index contributed by atoms with van der Waals surface area (Å²) in [5, 5.41) is 11.8. The number of amidine groups is 1. The predicted molar refractivity (Wildman–Crippen MR) is 80.3 cm³/mol. The number of nitrogens with zero attached hydrogens (tertiary/aromatic N) is 2. The van der Waals surface area contributed by atoms with Crippen molar-refractivity contribution >= 4 is 11.7 Å². The molecule has 1 unspecified atom stereocenters. The molecule has 3 N–H and O–H groups in total. The second-order valence-electron chi connectivity index (χ2n) is 5.95. The molecule has 112 valence electrons. The number of benzene rings is 1. The zero-order valence-electron chi connectivity index (χ0n) is 12.0. The summed E-state index contributed by atoms with van der Waals surface area (Å²) < 4.78 is 0. The van der Waals surface area contributed by atoms with Crippen LogP contribution in [0.3, 0.4) is 0 Å². The smallest absolute Gasteiger partial charge is 0.231 e. The van der Waals surface area contributed by atoms with Crippen LogP contribution in [0.2, 0.25) is 0 Å². The van der Waals surface area contributed by atoms with E-state index in [0.717, 1.165) is 37.7 Å². The Morgan fingerprint density at radius 2 is 2.05 bits per heavy atom. The normalized spacial score (nSPS) is 21.7. The van der Waals surface area contributed by atoms with E-state index in [1.807, 2.05) is 23.1 Å². The second kappa shape index (κ2) is 5.76. The number of rotatable bonds is 4. The van der Waals surface area contributed by atoms with Crippen molar-refractivity contribution in [2.75, 3.05) is 6.54 Å². The molecule has 0 saturated heterocycles. The van der Waals surface area contributed by atoms with Crippen LogP contribution in [0.15, 0.2) is 29.4 Å². The maximum Gasteiger partial charge on any atom is 0.231 e. The lowest BCUT2D eigenvalue weighted by molar-refractivity contribution is -0.134. The molecular formula is C16H21N3O2. The molecule has 0 heterocycles. The highest BCUT2D eigenvalue weighted by molar-refractivity contribution is 5.91. The molecule has 0 radical (unpaired) electrons. The molecule has 3 rings (SSSR count). The van der Waals surface area contributed by atoms with Gasteiger partial charge in [0, 0.05) is 6.04 Å². The average Bonchev–Trinajstić information content (AvgIpc) is 2.99. The molecule has 1 aromatic carbocycles. The molecule has 0 bridgehead atoms. The van der Waals surface area contributed by atoms with Crippen molar-refractivity contribution in [3.63, 3.8) is 0 Å². The third kappa shape index (κ3) is 2.60. The van der Waals surface area contributed by atoms with E-state index in [2.05, 4.69) is 11.2 Å². The first-order valence-corrected chi connectivity index (χ1v) is 7.55. The average molecular weight is 287 g/mol. The summed E-state index contributed by atoms with van der Waals surface area (Å²) in [7, 11) is 0. The number of oxime groups is 1. The van der Waals surface area contributed by atoms with E-state index in [0.29, 0.717) is 0 Å². The Bertz CT molecular complexity index is 564. The Balaban J connectivity index is 1.78. The van der Waals surface area contributed by atoms with Gasteiger partial charge in [0.1, 0.15) is 0 Å². The Morgan fingerprint density at radius 3 is 2.71 bits per heavy atom. The van der Waals surface area contributed by atoms with Crippen molar-refractivity contribution in [1.82, 2.24) is 4.90 Å². The molecule has 2 aliphatic carbocycles. The first-order chi connectivity index (χ1) is 10.2. The van der Waals surface area contributed by atoms with Gasteiger partial charge in [-0.15, -0.1) is 0 Å². The number of carbonyl (C=O) groups is 1. The summed E-state index contributed by atoms with van der Waals surface area (Å²) in [5.41, 5.74) is 8.02. The zero-order chi connectivity index (χ0) is 14.8. The first-order valence-electron chi connectivity index (χ1n) is 7.55. The van der Waals surface area contributed by atoms with Crippen molar-refractivity contribution in [1.29, 1.82) is 0 Å². The van der Waals surface area contributed by atoms with Crippen LogP contribution < -0.4 is 5.73 Å². The van der Waals surface area contributed by atoms with Gasteiger partial charge >= 0.3 is 0 Å². The minimum absolute atomic E-state index is 0.0618. The molecule has 1 aromatic rings. The summed E-state index contributed by atoms with van der Waals surface area (Å²) in [6.45, 7) is 0.221. The van der Waals surface area contributed by atoms with Crippen molar-refractivity contribution in [3.8, 4) is 0 Å². The summed E-state index contributed by atoms with van der Waals surface area (Å²) in [5.74, 6) is 0.156. The van der Waals surface area contributed by atoms with E-state index in [1.54, 1.807) is 0 Å². The number of hydrogen-bond acceptors (Lipinski definition) is 3. The van der Waals surface area contributed by atoms with Crippen molar-refractivity contribution < 1.29 is 10.0 Å². The van der Waals surface area contributed by atoms with E-state index < -0.39 is 0 Å². The second-order valence-corrected chi connectivity index (χ2v) is 5.95. The summed E-state index contributed by atoms with van der Waals surface area (Å²) in [4.78, 5) is 14.7.